The van der Waals surface area contributed by atoms with Crippen LogP contribution in [0.3, 0.4) is 0 Å². The Balaban J connectivity index is 2.31. The molecule has 0 spiro atoms. The highest BCUT2D eigenvalue weighted by molar-refractivity contribution is 6.15. The first-order valence-electron chi connectivity index (χ1n) is 7.46. The highest BCUT2D eigenvalue weighted by Gasteiger charge is 2.21. The summed E-state index contributed by atoms with van der Waals surface area (Å²) < 4.78 is 5.12. The Morgan fingerprint density at radius 1 is 1.45 bits per heavy atom. The zero-order valence-corrected chi connectivity index (χ0v) is 12.9. The van der Waals surface area contributed by atoms with Crippen molar-refractivity contribution in [2.75, 3.05) is 13.1 Å². The lowest BCUT2D eigenvalue weighted by molar-refractivity contribution is -0.140. The number of hydrogen-bond donors (Lipinski definition) is 3. The van der Waals surface area contributed by atoms with E-state index in [1.165, 1.54) is 6.07 Å². The summed E-state index contributed by atoms with van der Waals surface area (Å²) in [4.78, 5) is 30.9. The summed E-state index contributed by atoms with van der Waals surface area (Å²) in [6.45, 7) is 5.27. The number of aromatic amines is 1. The summed E-state index contributed by atoms with van der Waals surface area (Å²) in [6.07, 6.45) is 2.67. The lowest BCUT2D eigenvalue weighted by atomic mass is 9.94. The molecule has 7 nitrogen and oxygen atoms in total. The van der Waals surface area contributed by atoms with Gasteiger partial charge in [-0.25, -0.2) is 9.78 Å². The average Bonchev–Trinajstić information content (AvgIpc) is 2.47. The van der Waals surface area contributed by atoms with Crippen molar-refractivity contribution < 1.29 is 9.53 Å². The van der Waals surface area contributed by atoms with Crippen LogP contribution in [0.5, 0.6) is 0 Å². The van der Waals surface area contributed by atoms with Crippen molar-refractivity contribution in [2.24, 2.45) is 5.73 Å². The van der Waals surface area contributed by atoms with Gasteiger partial charge in [0, 0.05) is 18.2 Å². The number of nitrogens with two attached hydrogens (primary N) is 1. The monoisotopic (exact) mass is 306 g/mol. The summed E-state index contributed by atoms with van der Waals surface area (Å²) in [5.74, 6) is -0.222. The highest BCUT2D eigenvalue weighted by Crippen LogP contribution is 2.23. The third-order valence-corrected chi connectivity index (χ3v) is 3.50. The molecular weight excluding hydrogens is 284 g/mol. The van der Waals surface area contributed by atoms with Gasteiger partial charge in [0.2, 0.25) is 0 Å². The van der Waals surface area contributed by atoms with Crippen LogP contribution in [0.2, 0.25) is 0 Å². The third kappa shape index (κ3) is 3.94. The second kappa shape index (κ2) is 7.22. The first-order valence-corrected chi connectivity index (χ1v) is 7.46. The Morgan fingerprint density at radius 3 is 2.73 bits per heavy atom. The Bertz CT molecular complexity index is 615. The summed E-state index contributed by atoms with van der Waals surface area (Å²) in [7, 11) is 0. The molecule has 22 heavy (non-hydrogen) atoms. The first kappa shape index (κ1) is 16.2. The Hall–Kier alpha value is -2.15. The van der Waals surface area contributed by atoms with Crippen LogP contribution in [0, 0.1) is 0 Å². The van der Waals surface area contributed by atoms with Gasteiger partial charge < -0.3 is 20.8 Å². The van der Waals surface area contributed by atoms with E-state index in [1.807, 2.05) is 0 Å². The molecule has 1 aromatic heterocycles. The lowest BCUT2D eigenvalue weighted by Crippen LogP contribution is -2.28. The van der Waals surface area contributed by atoms with Crippen molar-refractivity contribution >= 4 is 11.5 Å². The maximum absolute atomic E-state index is 12.0. The number of H-pyrrole nitrogens is 1. The summed E-state index contributed by atoms with van der Waals surface area (Å²) >= 11 is 0. The van der Waals surface area contributed by atoms with Crippen LogP contribution >= 0.6 is 0 Å². The van der Waals surface area contributed by atoms with Crippen molar-refractivity contribution in [1.82, 2.24) is 15.3 Å². The number of piperidine rings is 1. The van der Waals surface area contributed by atoms with E-state index in [-0.39, 0.29) is 29.0 Å². The summed E-state index contributed by atoms with van der Waals surface area (Å²) in [6, 6.07) is 1.49. The predicted octanol–water partition coefficient (Wildman–Crippen LogP) is 0.488. The van der Waals surface area contributed by atoms with Gasteiger partial charge in [0.05, 0.1) is 11.8 Å². The van der Waals surface area contributed by atoms with Gasteiger partial charge in [-0.2, -0.15) is 0 Å². The van der Waals surface area contributed by atoms with Gasteiger partial charge in [-0.3, -0.25) is 4.79 Å². The molecule has 1 fully saturated rings. The first-order chi connectivity index (χ1) is 10.5. The van der Waals surface area contributed by atoms with E-state index in [1.54, 1.807) is 13.8 Å². The molecule has 0 aliphatic carbocycles. The second-order valence-electron chi connectivity index (χ2n) is 5.58. The number of hydrogen-bond acceptors (Lipinski definition) is 6. The van der Waals surface area contributed by atoms with Gasteiger partial charge in [0.25, 0.3) is 5.56 Å². The van der Waals surface area contributed by atoms with Crippen molar-refractivity contribution in [3.8, 4) is 0 Å². The van der Waals surface area contributed by atoms with Crippen molar-refractivity contribution in [3.63, 3.8) is 0 Å². The average molecular weight is 306 g/mol. The number of carbonyl (C=O) groups is 1. The fourth-order valence-corrected chi connectivity index (χ4v) is 2.45. The SMILES string of the molecule is CC(C)OC(=O)C(=CN)c1nc(C2CCNCC2)cc(=O)[nH]1. The normalized spacial score (nSPS) is 16.8. The molecule has 1 aromatic rings. The standard InChI is InChI=1S/C15H22N4O3/c1-9(2)22-15(21)11(8-16)14-18-12(7-13(20)19-14)10-3-5-17-6-4-10/h7-10,17H,3-6,16H2,1-2H3,(H,18,19,20). The van der Waals surface area contributed by atoms with Crippen LogP contribution in [0.4, 0.5) is 0 Å². The highest BCUT2D eigenvalue weighted by atomic mass is 16.5. The quantitative estimate of drug-likeness (QED) is 0.551. The van der Waals surface area contributed by atoms with E-state index >= 15 is 0 Å². The molecule has 120 valence electrons. The van der Waals surface area contributed by atoms with E-state index in [0.717, 1.165) is 32.1 Å². The zero-order chi connectivity index (χ0) is 16.1. The van der Waals surface area contributed by atoms with Crippen LogP contribution in [0.1, 0.15) is 44.1 Å². The minimum atomic E-state index is -0.594. The molecular formula is C15H22N4O3. The Labute approximate surface area is 129 Å². The molecule has 0 atom stereocenters. The fraction of sp³-hybridized carbons (Fsp3) is 0.533. The van der Waals surface area contributed by atoms with E-state index in [0.29, 0.717) is 5.69 Å². The topological polar surface area (TPSA) is 110 Å². The summed E-state index contributed by atoms with van der Waals surface area (Å²) in [5, 5.41) is 3.27. The van der Waals surface area contributed by atoms with E-state index in [4.69, 9.17) is 10.5 Å². The second-order valence-corrected chi connectivity index (χ2v) is 5.58. The van der Waals surface area contributed by atoms with Crippen molar-refractivity contribution in [1.29, 1.82) is 0 Å². The number of nitrogens with zero attached hydrogens (tertiary/aromatic N) is 1. The third-order valence-electron chi connectivity index (χ3n) is 3.50. The molecule has 1 aliphatic heterocycles. The molecule has 0 radical (unpaired) electrons. The van der Waals surface area contributed by atoms with Gasteiger partial charge in [-0.05, 0) is 39.8 Å². The van der Waals surface area contributed by atoms with E-state index < -0.39 is 5.97 Å². The van der Waals surface area contributed by atoms with E-state index in [2.05, 4.69) is 15.3 Å². The Kier molecular flexibility index (Phi) is 5.32. The Morgan fingerprint density at radius 2 is 2.14 bits per heavy atom. The summed E-state index contributed by atoms with van der Waals surface area (Å²) in [5.41, 5.74) is 5.99. The number of ether oxygens (including phenoxy) is 1. The minimum absolute atomic E-state index is 0.0709. The van der Waals surface area contributed by atoms with Crippen molar-refractivity contribution in [2.45, 2.75) is 38.7 Å². The molecule has 0 amide bonds. The van der Waals surface area contributed by atoms with Gasteiger partial charge in [-0.1, -0.05) is 0 Å². The molecule has 1 saturated heterocycles. The number of carbonyl (C=O) groups excluding carboxylic acids is 1. The maximum Gasteiger partial charge on any atom is 0.343 e. The molecule has 7 heteroatoms. The fourth-order valence-electron chi connectivity index (χ4n) is 2.45. The molecule has 0 bridgehead atoms. The largest absolute Gasteiger partial charge is 0.459 e. The number of aromatic nitrogens is 2. The number of nitrogens with one attached hydrogen (secondary N) is 2. The van der Waals surface area contributed by atoms with Crippen LogP contribution in [0.15, 0.2) is 17.1 Å². The molecule has 0 saturated carbocycles. The van der Waals surface area contributed by atoms with Gasteiger partial charge >= 0.3 is 5.97 Å². The maximum atomic E-state index is 12.0. The molecule has 2 rings (SSSR count). The van der Waals surface area contributed by atoms with Gasteiger partial charge in [0.15, 0.2) is 0 Å². The van der Waals surface area contributed by atoms with Crippen LogP contribution in [-0.2, 0) is 9.53 Å². The van der Waals surface area contributed by atoms with Crippen LogP contribution < -0.4 is 16.6 Å². The molecule has 0 aromatic carbocycles. The number of esters is 1. The molecule has 0 unspecified atom stereocenters. The lowest BCUT2D eigenvalue weighted by Gasteiger charge is -2.22. The molecule has 2 heterocycles. The van der Waals surface area contributed by atoms with Gasteiger partial charge in [0.1, 0.15) is 11.4 Å². The number of rotatable bonds is 4. The minimum Gasteiger partial charge on any atom is -0.459 e. The zero-order valence-electron chi connectivity index (χ0n) is 12.9. The molecule has 1 aliphatic rings. The van der Waals surface area contributed by atoms with Crippen molar-refractivity contribution in [3.05, 3.63) is 34.1 Å². The van der Waals surface area contributed by atoms with Gasteiger partial charge in [-0.15, -0.1) is 0 Å². The molecule has 4 N–H and O–H groups in total. The van der Waals surface area contributed by atoms with Crippen LogP contribution in [-0.4, -0.2) is 35.1 Å². The smallest absolute Gasteiger partial charge is 0.343 e. The van der Waals surface area contributed by atoms with E-state index in [9.17, 15) is 9.59 Å². The van der Waals surface area contributed by atoms with Crippen LogP contribution in [0.25, 0.3) is 5.57 Å². The predicted molar refractivity (Wildman–Crippen MR) is 83.1 cm³/mol.